The fourth-order valence-corrected chi connectivity index (χ4v) is 5.75. The third-order valence-corrected chi connectivity index (χ3v) is 8.20. The maximum atomic E-state index is 13.9. The molecule has 1 N–H and O–H groups in total. The van der Waals surface area contributed by atoms with Crippen LogP contribution in [-0.2, 0) is 26.2 Å². The minimum absolute atomic E-state index is 0.0289. The van der Waals surface area contributed by atoms with Crippen molar-refractivity contribution < 1.29 is 22.7 Å². The number of hydrogen-bond donors (Lipinski definition) is 1. The number of nitrogens with one attached hydrogen (secondary N) is 1. The van der Waals surface area contributed by atoms with Crippen molar-refractivity contribution in [2.45, 2.75) is 44.3 Å². The van der Waals surface area contributed by atoms with E-state index < -0.39 is 28.5 Å². The number of carbonyl (C=O) groups excluding carboxylic acids is 2. The van der Waals surface area contributed by atoms with Crippen molar-refractivity contribution in [3.05, 3.63) is 88.4 Å². The molecule has 11 heteroatoms. The second-order valence-electron chi connectivity index (χ2n) is 9.13. The van der Waals surface area contributed by atoms with E-state index >= 15 is 0 Å². The molecule has 0 spiro atoms. The summed E-state index contributed by atoms with van der Waals surface area (Å²) in [7, 11) is -2.72. The number of sulfonamides is 1. The molecule has 0 saturated heterocycles. The van der Waals surface area contributed by atoms with E-state index in [1.165, 1.54) is 42.3 Å². The van der Waals surface area contributed by atoms with E-state index in [-0.39, 0.29) is 39.1 Å². The van der Waals surface area contributed by atoms with Crippen molar-refractivity contribution in [2.24, 2.45) is 0 Å². The van der Waals surface area contributed by atoms with Gasteiger partial charge in [-0.1, -0.05) is 53.5 Å². The Hall–Kier alpha value is -3.27. The molecule has 208 valence electrons. The molecule has 39 heavy (non-hydrogen) atoms. The topological polar surface area (TPSA) is 96.0 Å². The number of rotatable bonds is 11. The van der Waals surface area contributed by atoms with Crippen LogP contribution in [0.1, 0.15) is 26.3 Å². The third-order valence-electron chi connectivity index (χ3n) is 5.87. The summed E-state index contributed by atoms with van der Waals surface area (Å²) in [6, 6.07) is 18.1. The number of ether oxygens (including phenoxy) is 1. The summed E-state index contributed by atoms with van der Waals surface area (Å²) in [6.45, 7) is 4.63. The lowest BCUT2D eigenvalue weighted by molar-refractivity contribution is -0.139. The molecule has 0 fully saturated rings. The quantitative estimate of drug-likeness (QED) is 0.333. The lowest BCUT2D eigenvalue weighted by Crippen LogP contribution is -2.52. The van der Waals surface area contributed by atoms with Gasteiger partial charge in [-0.15, -0.1) is 0 Å². The second-order valence-corrected chi connectivity index (χ2v) is 11.8. The van der Waals surface area contributed by atoms with Crippen LogP contribution in [0.25, 0.3) is 0 Å². The van der Waals surface area contributed by atoms with Crippen molar-refractivity contribution in [3.8, 4) is 5.75 Å². The number of benzene rings is 3. The molecule has 0 aliphatic heterocycles. The molecule has 8 nitrogen and oxygen atoms in total. The van der Waals surface area contributed by atoms with Gasteiger partial charge in [0.15, 0.2) is 0 Å². The second kappa shape index (κ2) is 13.2. The van der Waals surface area contributed by atoms with E-state index in [1.807, 2.05) is 13.8 Å². The number of carbonyl (C=O) groups is 2. The van der Waals surface area contributed by atoms with Crippen LogP contribution in [0.3, 0.4) is 0 Å². The van der Waals surface area contributed by atoms with Gasteiger partial charge >= 0.3 is 0 Å². The number of hydrogen-bond acceptors (Lipinski definition) is 5. The van der Waals surface area contributed by atoms with E-state index in [4.69, 9.17) is 27.9 Å². The summed E-state index contributed by atoms with van der Waals surface area (Å²) in [5.74, 6) is -0.405. The first-order valence-corrected chi connectivity index (χ1v) is 14.4. The Morgan fingerprint density at radius 1 is 0.949 bits per heavy atom. The molecular weight excluding hydrogens is 561 g/mol. The minimum atomic E-state index is -4.25. The Bertz CT molecular complexity index is 1420. The first-order chi connectivity index (χ1) is 18.4. The number of methoxy groups -OCH3 is 1. The van der Waals surface area contributed by atoms with Crippen molar-refractivity contribution in [3.63, 3.8) is 0 Å². The zero-order chi connectivity index (χ0) is 28.7. The normalized spacial score (nSPS) is 12.1. The Kier molecular flexibility index (Phi) is 10.2. The van der Waals surface area contributed by atoms with Crippen LogP contribution < -0.4 is 14.4 Å². The van der Waals surface area contributed by atoms with Crippen LogP contribution in [0.4, 0.5) is 5.69 Å². The highest BCUT2D eigenvalue weighted by molar-refractivity contribution is 7.92. The molecule has 0 radical (unpaired) electrons. The fraction of sp³-hybridized carbons (Fsp3) is 0.286. The molecule has 3 rings (SSSR count). The largest absolute Gasteiger partial charge is 0.497 e. The van der Waals surface area contributed by atoms with Crippen LogP contribution in [0.5, 0.6) is 5.75 Å². The van der Waals surface area contributed by atoms with E-state index in [2.05, 4.69) is 5.32 Å². The smallest absolute Gasteiger partial charge is 0.264 e. The molecule has 0 aromatic heterocycles. The molecule has 0 aliphatic rings. The maximum Gasteiger partial charge on any atom is 0.264 e. The summed E-state index contributed by atoms with van der Waals surface area (Å²) in [5, 5.41) is 3.15. The third kappa shape index (κ3) is 7.65. The van der Waals surface area contributed by atoms with Gasteiger partial charge in [0.2, 0.25) is 11.8 Å². The standard InChI is InChI=1S/C28H31Cl2N3O5S/c1-19(2)31-28(35)20(3)32(17-21-9-8-10-23(15-21)38-4)27(34)18-33(26-16-22(29)13-14-25(26)30)39(36,37)24-11-6-5-7-12-24/h5-16,19-20H,17-18H2,1-4H3,(H,31,35). The van der Waals surface area contributed by atoms with Crippen LogP contribution in [-0.4, -0.2) is 50.9 Å². The number of amides is 2. The molecule has 0 bridgehead atoms. The van der Waals surface area contributed by atoms with Crippen LogP contribution in [0.2, 0.25) is 10.0 Å². The Morgan fingerprint density at radius 3 is 2.28 bits per heavy atom. The highest BCUT2D eigenvalue weighted by Crippen LogP contribution is 2.33. The average molecular weight is 593 g/mol. The number of anilines is 1. The molecule has 2 amide bonds. The first-order valence-electron chi connectivity index (χ1n) is 12.2. The van der Waals surface area contributed by atoms with Gasteiger partial charge in [-0.05, 0) is 68.8 Å². The molecule has 3 aromatic carbocycles. The van der Waals surface area contributed by atoms with Gasteiger partial charge in [-0.25, -0.2) is 8.42 Å². The predicted octanol–water partition coefficient (Wildman–Crippen LogP) is 5.14. The number of halogens is 2. The van der Waals surface area contributed by atoms with Crippen molar-refractivity contribution in [1.82, 2.24) is 10.2 Å². The van der Waals surface area contributed by atoms with Gasteiger partial charge in [0.25, 0.3) is 10.0 Å². The zero-order valence-corrected chi connectivity index (χ0v) is 24.4. The Balaban J connectivity index is 2.07. The van der Waals surface area contributed by atoms with Gasteiger partial charge in [0, 0.05) is 17.6 Å². The van der Waals surface area contributed by atoms with Crippen LogP contribution in [0.15, 0.2) is 77.7 Å². The van der Waals surface area contributed by atoms with Gasteiger partial charge < -0.3 is 15.0 Å². The molecule has 1 atom stereocenters. The van der Waals surface area contributed by atoms with E-state index in [9.17, 15) is 18.0 Å². The summed E-state index contributed by atoms with van der Waals surface area (Å²) in [6.07, 6.45) is 0. The molecule has 0 aliphatic carbocycles. The highest BCUT2D eigenvalue weighted by Gasteiger charge is 2.33. The Labute approximate surface area is 239 Å². The van der Waals surface area contributed by atoms with Crippen LogP contribution in [0, 0.1) is 0 Å². The SMILES string of the molecule is COc1cccc(CN(C(=O)CN(c2cc(Cl)ccc2Cl)S(=O)(=O)c2ccccc2)C(C)C(=O)NC(C)C)c1. The highest BCUT2D eigenvalue weighted by atomic mass is 35.5. The summed E-state index contributed by atoms with van der Waals surface area (Å²) in [5.41, 5.74) is 0.743. The maximum absolute atomic E-state index is 13.9. The lowest BCUT2D eigenvalue weighted by atomic mass is 10.1. The van der Waals surface area contributed by atoms with Gasteiger partial charge in [0.05, 0.1) is 22.7 Å². The van der Waals surface area contributed by atoms with Crippen molar-refractivity contribution in [2.75, 3.05) is 18.0 Å². The van der Waals surface area contributed by atoms with Gasteiger partial charge in [0.1, 0.15) is 18.3 Å². The Morgan fingerprint density at radius 2 is 1.64 bits per heavy atom. The van der Waals surface area contributed by atoms with Crippen molar-refractivity contribution in [1.29, 1.82) is 0 Å². The molecule has 1 unspecified atom stereocenters. The first kappa shape index (κ1) is 30.3. The van der Waals surface area contributed by atoms with Crippen LogP contribution >= 0.6 is 23.2 Å². The van der Waals surface area contributed by atoms with Gasteiger partial charge in [-0.2, -0.15) is 0 Å². The summed E-state index contributed by atoms with van der Waals surface area (Å²) >= 11 is 12.6. The molecule has 0 saturated carbocycles. The summed E-state index contributed by atoms with van der Waals surface area (Å²) < 4.78 is 33.8. The fourth-order valence-electron chi connectivity index (χ4n) is 3.87. The van der Waals surface area contributed by atoms with E-state index in [0.717, 1.165) is 4.31 Å². The summed E-state index contributed by atoms with van der Waals surface area (Å²) in [4.78, 5) is 28.2. The van der Waals surface area contributed by atoms with E-state index in [1.54, 1.807) is 49.4 Å². The van der Waals surface area contributed by atoms with Gasteiger partial charge in [-0.3, -0.25) is 13.9 Å². The lowest BCUT2D eigenvalue weighted by Gasteiger charge is -2.32. The molecular formula is C28H31Cl2N3O5S. The monoisotopic (exact) mass is 591 g/mol. The predicted molar refractivity (Wildman–Crippen MR) is 154 cm³/mol. The number of nitrogens with zero attached hydrogens (tertiary/aromatic N) is 2. The average Bonchev–Trinajstić information content (AvgIpc) is 2.91. The minimum Gasteiger partial charge on any atom is -0.497 e. The molecule has 3 aromatic rings. The van der Waals surface area contributed by atoms with E-state index in [0.29, 0.717) is 11.3 Å². The zero-order valence-electron chi connectivity index (χ0n) is 22.1. The van der Waals surface area contributed by atoms with Crippen molar-refractivity contribution >= 4 is 50.7 Å². The molecule has 0 heterocycles.